The predicted molar refractivity (Wildman–Crippen MR) is 80.9 cm³/mol. The van der Waals surface area contributed by atoms with Crippen molar-refractivity contribution in [1.82, 2.24) is 0 Å². The van der Waals surface area contributed by atoms with Gasteiger partial charge < -0.3 is 5.73 Å². The molecule has 0 aliphatic carbocycles. The number of anilines is 1. The number of halogens is 2. The molecule has 2 aromatic carbocycles. The van der Waals surface area contributed by atoms with Crippen LogP contribution >= 0.6 is 27.5 Å². The summed E-state index contributed by atoms with van der Waals surface area (Å²) in [4.78, 5) is 0.124. The van der Waals surface area contributed by atoms with E-state index in [4.69, 9.17) is 17.3 Å². The smallest absolute Gasteiger partial charge is 0.184 e. The number of nitrogen functional groups attached to an aromatic ring is 1. The van der Waals surface area contributed by atoms with E-state index >= 15 is 0 Å². The molecule has 3 nitrogen and oxygen atoms in total. The highest BCUT2D eigenvalue weighted by atomic mass is 79.9. The van der Waals surface area contributed by atoms with Crippen LogP contribution in [0.1, 0.15) is 5.56 Å². The molecule has 0 spiro atoms. The minimum Gasteiger partial charge on any atom is -0.398 e. The summed E-state index contributed by atoms with van der Waals surface area (Å²) in [7, 11) is -3.51. The van der Waals surface area contributed by atoms with Gasteiger partial charge in [-0.15, -0.1) is 0 Å². The zero-order valence-corrected chi connectivity index (χ0v) is 13.0. The van der Waals surface area contributed by atoms with Gasteiger partial charge in [-0.2, -0.15) is 0 Å². The van der Waals surface area contributed by atoms with Crippen molar-refractivity contribution >= 4 is 43.1 Å². The summed E-state index contributed by atoms with van der Waals surface area (Å²) >= 11 is 9.20. The van der Waals surface area contributed by atoms with E-state index in [1.807, 2.05) is 0 Å². The Kier molecular flexibility index (Phi) is 4.18. The van der Waals surface area contributed by atoms with E-state index in [0.29, 0.717) is 11.3 Å². The Morgan fingerprint density at radius 3 is 2.47 bits per heavy atom. The highest BCUT2D eigenvalue weighted by Gasteiger charge is 2.19. The Hall–Kier alpha value is -1.04. The molecular formula is C13H11BrClNO2S. The second kappa shape index (κ2) is 5.53. The van der Waals surface area contributed by atoms with Crippen LogP contribution in [0.2, 0.25) is 5.02 Å². The van der Waals surface area contributed by atoms with Crippen LogP contribution in [0.4, 0.5) is 5.69 Å². The summed E-state index contributed by atoms with van der Waals surface area (Å²) < 4.78 is 25.4. The van der Waals surface area contributed by atoms with Gasteiger partial charge in [0.05, 0.1) is 15.7 Å². The molecule has 0 radical (unpaired) electrons. The maximum absolute atomic E-state index is 12.3. The second-order valence-electron chi connectivity index (χ2n) is 4.03. The molecule has 0 aromatic heterocycles. The van der Waals surface area contributed by atoms with E-state index in [1.54, 1.807) is 36.4 Å². The van der Waals surface area contributed by atoms with E-state index in [9.17, 15) is 8.42 Å². The molecule has 19 heavy (non-hydrogen) atoms. The monoisotopic (exact) mass is 359 g/mol. The highest BCUT2D eigenvalue weighted by molar-refractivity contribution is 9.10. The minimum atomic E-state index is -3.51. The Labute approximate surface area is 125 Å². The molecule has 0 bridgehead atoms. The lowest BCUT2D eigenvalue weighted by Gasteiger charge is -2.09. The first-order valence-electron chi connectivity index (χ1n) is 5.41. The normalized spacial score (nSPS) is 11.5. The molecule has 0 atom stereocenters. The number of hydrogen-bond donors (Lipinski definition) is 1. The number of benzene rings is 2. The van der Waals surface area contributed by atoms with Gasteiger partial charge >= 0.3 is 0 Å². The Bertz CT molecular complexity index is 716. The summed E-state index contributed by atoms with van der Waals surface area (Å²) in [6, 6.07) is 11.5. The molecule has 0 saturated carbocycles. The number of hydrogen-bond acceptors (Lipinski definition) is 3. The Morgan fingerprint density at radius 1 is 1.16 bits per heavy atom. The minimum absolute atomic E-state index is 0.124. The highest BCUT2D eigenvalue weighted by Crippen LogP contribution is 2.27. The molecule has 0 unspecified atom stereocenters. The zero-order chi connectivity index (χ0) is 14.0. The van der Waals surface area contributed by atoms with Gasteiger partial charge in [-0.25, -0.2) is 8.42 Å². The molecule has 6 heteroatoms. The third kappa shape index (κ3) is 3.29. The van der Waals surface area contributed by atoms with Crippen LogP contribution in [0.5, 0.6) is 0 Å². The summed E-state index contributed by atoms with van der Waals surface area (Å²) in [5, 5.41) is 0.221. The van der Waals surface area contributed by atoms with Crippen LogP contribution in [0.15, 0.2) is 51.8 Å². The van der Waals surface area contributed by atoms with Gasteiger partial charge in [0, 0.05) is 10.2 Å². The number of rotatable bonds is 3. The molecule has 2 rings (SSSR count). The summed E-state index contributed by atoms with van der Waals surface area (Å²) in [6.07, 6.45) is 0. The van der Waals surface area contributed by atoms with E-state index in [0.717, 1.165) is 4.47 Å². The van der Waals surface area contributed by atoms with Crippen molar-refractivity contribution < 1.29 is 8.42 Å². The first-order valence-corrected chi connectivity index (χ1v) is 8.23. The molecule has 0 heterocycles. The van der Waals surface area contributed by atoms with Crippen LogP contribution in [0, 0.1) is 0 Å². The van der Waals surface area contributed by atoms with Crippen molar-refractivity contribution in [3.05, 3.63) is 57.5 Å². The lowest BCUT2D eigenvalue weighted by atomic mass is 10.2. The van der Waals surface area contributed by atoms with Gasteiger partial charge in [0.1, 0.15) is 0 Å². The van der Waals surface area contributed by atoms with Crippen LogP contribution in [0.25, 0.3) is 0 Å². The first-order chi connectivity index (χ1) is 8.90. The molecule has 2 N–H and O–H groups in total. The summed E-state index contributed by atoms with van der Waals surface area (Å²) in [5.74, 6) is -0.171. The average Bonchev–Trinajstić information content (AvgIpc) is 2.33. The summed E-state index contributed by atoms with van der Waals surface area (Å²) in [6.45, 7) is 0. The first kappa shape index (κ1) is 14.4. The van der Waals surface area contributed by atoms with E-state index in [1.165, 1.54) is 6.07 Å². The standard InChI is InChI=1S/C13H11BrClNO2S/c14-10-6-5-9(12(16)7-10)8-19(17,18)13-4-2-1-3-11(13)15/h1-7H,8,16H2. The number of sulfone groups is 1. The Balaban J connectivity index is 2.40. The van der Waals surface area contributed by atoms with Crippen molar-refractivity contribution in [3.8, 4) is 0 Å². The van der Waals surface area contributed by atoms with Crippen LogP contribution in [-0.2, 0) is 15.6 Å². The van der Waals surface area contributed by atoms with Gasteiger partial charge in [0.2, 0.25) is 0 Å². The number of nitrogens with two attached hydrogens (primary N) is 1. The van der Waals surface area contributed by atoms with Crippen molar-refractivity contribution in [1.29, 1.82) is 0 Å². The molecule has 100 valence electrons. The maximum atomic E-state index is 12.3. The van der Waals surface area contributed by atoms with Gasteiger partial charge in [0.15, 0.2) is 9.84 Å². The topological polar surface area (TPSA) is 60.2 Å². The van der Waals surface area contributed by atoms with Crippen LogP contribution in [0.3, 0.4) is 0 Å². The zero-order valence-electron chi connectivity index (χ0n) is 9.81. The largest absolute Gasteiger partial charge is 0.398 e. The van der Waals surface area contributed by atoms with E-state index in [2.05, 4.69) is 15.9 Å². The molecule has 0 aliphatic rings. The fourth-order valence-electron chi connectivity index (χ4n) is 1.68. The molecule has 2 aromatic rings. The lowest BCUT2D eigenvalue weighted by molar-refractivity contribution is 0.595. The molecule has 0 amide bonds. The van der Waals surface area contributed by atoms with Crippen molar-refractivity contribution in [2.75, 3.05) is 5.73 Å². The van der Waals surface area contributed by atoms with Gasteiger partial charge in [-0.3, -0.25) is 0 Å². The molecular weight excluding hydrogens is 350 g/mol. The van der Waals surface area contributed by atoms with Crippen molar-refractivity contribution in [3.63, 3.8) is 0 Å². The third-order valence-electron chi connectivity index (χ3n) is 2.63. The second-order valence-corrected chi connectivity index (χ2v) is 7.31. The van der Waals surface area contributed by atoms with E-state index < -0.39 is 9.84 Å². The van der Waals surface area contributed by atoms with Gasteiger partial charge in [-0.1, -0.05) is 45.7 Å². The Morgan fingerprint density at radius 2 is 1.84 bits per heavy atom. The molecule has 0 fully saturated rings. The summed E-state index contributed by atoms with van der Waals surface area (Å²) in [5.41, 5.74) is 6.81. The average molecular weight is 361 g/mol. The van der Waals surface area contributed by atoms with Crippen molar-refractivity contribution in [2.24, 2.45) is 0 Å². The maximum Gasteiger partial charge on any atom is 0.184 e. The van der Waals surface area contributed by atoms with Gasteiger partial charge in [-0.05, 0) is 29.8 Å². The fourth-order valence-corrected chi connectivity index (χ4v) is 4.02. The fraction of sp³-hybridized carbons (Fsp3) is 0.0769. The van der Waals surface area contributed by atoms with Gasteiger partial charge in [0.25, 0.3) is 0 Å². The lowest BCUT2D eigenvalue weighted by Crippen LogP contribution is -2.07. The molecule has 0 aliphatic heterocycles. The van der Waals surface area contributed by atoms with Crippen LogP contribution < -0.4 is 5.73 Å². The SMILES string of the molecule is Nc1cc(Br)ccc1CS(=O)(=O)c1ccccc1Cl. The van der Waals surface area contributed by atoms with Crippen LogP contribution in [-0.4, -0.2) is 8.42 Å². The molecule has 0 saturated heterocycles. The third-order valence-corrected chi connectivity index (χ3v) is 5.28. The van der Waals surface area contributed by atoms with Crippen molar-refractivity contribution in [2.45, 2.75) is 10.6 Å². The predicted octanol–water partition coefficient (Wildman–Crippen LogP) is 3.66. The van der Waals surface area contributed by atoms with E-state index in [-0.39, 0.29) is 15.7 Å². The quantitative estimate of drug-likeness (QED) is 0.850.